The Hall–Kier alpha value is -1.65. The van der Waals surface area contributed by atoms with E-state index >= 15 is 0 Å². The Morgan fingerprint density at radius 3 is 2.52 bits per heavy atom. The average molecular weight is 292 g/mol. The fourth-order valence-electron chi connectivity index (χ4n) is 2.16. The van der Waals surface area contributed by atoms with Crippen molar-refractivity contribution in [3.63, 3.8) is 0 Å². The van der Waals surface area contributed by atoms with Gasteiger partial charge < -0.3 is 14.9 Å². The summed E-state index contributed by atoms with van der Waals surface area (Å²) in [6.07, 6.45) is 0.171. The van der Waals surface area contributed by atoms with Crippen molar-refractivity contribution in [2.24, 2.45) is 5.41 Å². The largest absolute Gasteiger partial charge is 0.464 e. The molecule has 1 rings (SSSR count). The summed E-state index contributed by atoms with van der Waals surface area (Å²) >= 11 is 0. The Morgan fingerprint density at radius 2 is 2.00 bits per heavy atom. The average Bonchev–Trinajstić information content (AvgIpc) is 2.52. The van der Waals surface area contributed by atoms with Crippen molar-refractivity contribution in [3.8, 4) is 0 Å². The molecule has 3 atom stereocenters. The van der Waals surface area contributed by atoms with E-state index in [-0.39, 0.29) is 6.61 Å². The number of esters is 1. The number of aryl methyl sites for hydroxylation is 1. The minimum absolute atomic E-state index is 0.184. The quantitative estimate of drug-likeness (QED) is 0.569. The molecule has 0 spiro atoms. The third-order valence-corrected chi connectivity index (χ3v) is 3.81. The number of benzene rings is 1. The van der Waals surface area contributed by atoms with Crippen molar-refractivity contribution < 1.29 is 19.7 Å². The van der Waals surface area contributed by atoms with Crippen LogP contribution in [-0.4, -0.2) is 35.0 Å². The van der Waals surface area contributed by atoms with Gasteiger partial charge in [-0.3, -0.25) is 0 Å². The summed E-state index contributed by atoms with van der Waals surface area (Å²) in [5.41, 5.74) is -0.0466. The van der Waals surface area contributed by atoms with Crippen LogP contribution in [0.3, 0.4) is 0 Å². The van der Waals surface area contributed by atoms with Gasteiger partial charge in [0.1, 0.15) is 0 Å². The van der Waals surface area contributed by atoms with E-state index in [9.17, 15) is 15.0 Å². The zero-order valence-corrected chi connectivity index (χ0v) is 12.7. The van der Waals surface area contributed by atoms with E-state index in [1.807, 2.05) is 30.3 Å². The van der Waals surface area contributed by atoms with Crippen molar-refractivity contribution in [2.45, 2.75) is 38.9 Å². The second-order valence-corrected chi connectivity index (χ2v) is 5.26. The molecule has 0 bridgehead atoms. The van der Waals surface area contributed by atoms with Gasteiger partial charge in [0.15, 0.2) is 6.10 Å². The Labute approximate surface area is 126 Å². The lowest BCUT2D eigenvalue weighted by Gasteiger charge is -2.34. The van der Waals surface area contributed by atoms with Gasteiger partial charge in [-0.15, -0.1) is 6.58 Å². The van der Waals surface area contributed by atoms with E-state index in [2.05, 4.69) is 6.58 Å². The summed E-state index contributed by atoms with van der Waals surface area (Å²) in [4.78, 5) is 11.7. The molecule has 1 aromatic carbocycles. The fourth-order valence-corrected chi connectivity index (χ4v) is 2.16. The molecule has 21 heavy (non-hydrogen) atoms. The number of aliphatic hydroxyl groups excluding tert-OH is 2. The molecule has 0 aliphatic carbocycles. The molecule has 0 aliphatic heterocycles. The Morgan fingerprint density at radius 1 is 1.38 bits per heavy atom. The van der Waals surface area contributed by atoms with E-state index in [1.54, 1.807) is 13.8 Å². The highest BCUT2D eigenvalue weighted by atomic mass is 16.5. The van der Waals surface area contributed by atoms with Gasteiger partial charge in [0.2, 0.25) is 0 Å². The standard InChI is InChI=1S/C17H24O4/c1-4-17(3,15(19)16(20)21-5-2)14(18)12-11-13-9-7-6-8-10-13/h4,6-10,14-15,18-19H,1,5,11-12H2,2-3H3/t14?,15?,17-/m1/s1. The van der Waals surface area contributed by atoms with E-state index in [1.165, 1.54) is 6.08 Å². The van der Waals surface area contributed by atoms with Crippen LogP contribution in [0, 0.1) is 5.41 Å². The molecule has 116 valence electrons. The Kier molecular flexibility index (Phi) is 6.59. The van der Waals surface area contributed by atoms with Gasteiger partial charge in [0, 0.05) is 5.41 Å². The van der Waals surface area contributed by atoms with Crippen LogP contribution >= 0.6 is 0 Å². The molecule has 2 N–H and O–H groups in total. The molecule has 2 unspecified atom stereocenters. The summed E-state index contributed by atoms with van der Waals surface area (Å²) in [7, 11) is 0. The van der Waals surface area contributed by atoms with Crippen LogP contribution in [-0.2, 0) is 16.0 Å². The maximum atomic E-state index is 11.7. The first-order valence-corrected chi connectivity index (χ1v) is 7.16. The molecule has 0 saturated carbocycles. The molecule has 4 nitrogen and oxygen atoms in total. The van der Waals surface area contributed by atoms with E-state index in [4.69, 9.17) is 4.74 Å². The molecule has 1 aromatic rings. The van der Waals surface area contributed by atoms with Gasteiger partial charge in [0.05, 0.1) is 12.7 Å². The van der Waals surface area contributed by atoms with Gasteiger partial charge >= 0.3 is 5.97 Å². The van der Waals surface area contributed by atoms with E-state index < -0.39 is 23.6 Å². The first kappa shape index (κ1) is 17.4. The highest BCUT2D eigenvalue weighted by Crippen LogP contribution is 2.31. The van der Waals surface area contributed by atoms with Crippen molar-refractivity contribution in [1.29, 1.82) is 0 Å². The Balaban J connectivity index is 2.72. The van der Waals surface area contributed by atoms with Crippen LogP contribution < -0.4 is 0 Å². The van der Waals surface area contributed by atoms with Gasteiger partial charge in [-0.25, -0.2) is 4.79 Å². The first-order valence-electron chi connectivity index (χ1n) is 7.16. The Bertz CT molecular complexity index is 457. The second kappa shape index (κ2) is 7.96. The van der Waals surface area contributed by atoms with Crippen molar-refractivity contribution in [3.05, 3.63) is 48.6 Å². The molecule has 4 heteroatoms. The van der Waals surface area contributed by atoms with Crippen LogP contribution in [0.1, 0.15) is 25.8 Å². The molecular weight excluding hydrogens is 268 g/mol. The monoisotopic (exact) mass is 292 g/mol. The number of carbonyl (C=O) groups excluding carboxylic acids is 1. The summed E-state index contributed by atoms with van der Waals surface area (Å²) in [5.74, 6) is -0.737. The first-order chi connectivity index (χ1) is 9.95. The predicted molar refractivity (Wildman–Crippen MR) is 81.7 cm³/mol. The highest BCUT2D eigenvalue weighted by molar-refractivity contribution is 5.76. The smallest absolute Gasteiger partial charge is 0.335 e. The third-order valence-electron chi connectivity index (χ3n) is 3.81. The summed E-state index contributed by atoms with van der Waals surface area (Å²) < 4.78 is 4.82. The lowest BCUT2D eigenvalue weighted by molar-refractivity contribution is -0.163. The molecular formula is C17H24O4. The van der Waals surface area contributed by atoms with Gasteiger partial charge in [-0.2, -0.15) is 0 Å². The molecule has 0 amide bonds. The van der Waals surface area contributed by atoms with Crippen LogP contribution in [0.5, 0.6) is 0 Å². The predicted octanol–water partition coefficient (Wildman–Crippen LogP) is 2.10. The topological polar surface area (TPSA) is 66.8 Å². The van der Waals surface area contributed by atoms with Crippen LogP contribution in [0.4, 0.5) is 0 Å². The van der Waals surface area contributed by atoms with Crippen LogP contribution in [0.15, 0.2) is 43.0 Å². The molecule has 0 saturated heterocycles. The zero-order valence-electron chi connectivity index (χ0n) is 12.7. The van der Waals surface area contributed by atoms with Crippen LogP contribution in [0.2, 0.25) is 0 Å². The number of ether oxygens (including phenoxy) is 1. The van der Waals surface area contributed by atoms with Crippen molar-refractivity contribution >= 4 is 5.97 Å². The zero-order chi connectivity index (χ0) is 15.9. The number of carbonyl (C=O) groups is 1. The minimum atomic E-state index is -1.43. The molecule has 0 aromatic heterocycles. The lowest BCUT2D eigenvalue weighted by atomic mass is 9.76. The van der Waals surface area contributed by atoms with Crippen molar-refractivity contribution in [1.82, 2.24) is 0 Å². The molecule has 0 heterocycles. The number of aliphatic hydroxyl groups is 2. The van der Waals surface area contributed by atoms with Crippen LogP contribution in [0.25, 0.3) is 0 Å². The second-order valence-electron chi connectivity index (χ2n) is 5.26. The number of rotatable bonds is 8. The highest BCUT2D eigenvalue weighted by Gasteiger charge is 2.42. The van der Waals surface area contributed by atoms with E-state index in [0.29, 0.717) is 12.8 Å². The fraction of sp³-hybridized carbons (Fsp3) is 0.471. The molecule has 0 radical (unpaired) electrons. The van der Waals surface area contributed by atoms with Gasteiger partial charge in [-0.1, -0.05) is 43.3 Å². The maximum absolute atomic E-state index is 11.7. The molecule has 0 aliphatic rings. The van der Waals surface area contributed by atoms with Gasteiger partial charge in [0.25, 0.3) is 0 Å². The normalized spacial score (nSPS) is 16.6. The minimum Gasteiger partial charge on any atom is -0.464 e. The third kappa shape index (κ3) is 4.41. The summed E-state index contributed by atoms with van der Waals surface area (Å²) in [6, 6.07) is 9.74. The van der Waals surface area contributed by atoms with Gasteiger partial charge in [-0.05, 0) is 25.3 Å². The number of hydrogen-bond acceptors (Lipinski definition) is 4. The van der Waals surface area contributed by atoms with E-state index in [0.717, 1.165) is 5.56 Å². The maximum Gasteiger partial charge on any atom is 0.335 e. The number of hydrogen-bond donors (Lipinski definition) is 2. The van der Waals surface area contributed by atoms with Crippen molar-refractivity contribution in [2.75, 3.05) is 6.61 Å². The molecule has 0 fully saturated rings. The SMILES string of the molecule is C=C[C@](C)(C(O)CCc1ccccc1)C(O)C(=O)OCC. The summed E-state index contributed by atoms with van der Waals surface area (Å²) in [5, 5.41) is 20.5. The summed E-state index contributed by atoms with van der Waals surface area (Å²) in [6.45, 7) is 7.11. The lowest BCUT2D eigenvalue weighted by Crippen LogP contribution is -2.46.